The minimum atomic E-state index is -3.43. The lowest BCUT2D eigenvalue weighted by Gasteiger charge is -2.47. The number of nitriles is 1. The minimum absolute atomic E-state index is 0.0487. The van der Waals surface area contributed by atoms with Crippen LogP contribution in [0.1, 0.15) is 18.9 Å². The summed E-state index contributed by atoms with van der Waals surface area (Å²) >= 11 is 0. The molecule has 0 saturated carbocycles. The molecule has 3 aromatic heterocycles. The van der Waals surface area contributed by atoms with Crippen LogP contribution in [0, 0.1) is 11.3 Å². The van der Waals surface area contributed by atoms with E-state index in [-0.39, 0.29) is 50.7 Å². The lowest BCUT2D eigenvalue weighted by Crippen LogP contribution is -2.64. The fourth-order valence-electron chi connectivity index (χ4n) is 6.45. The Hall–Kier alpha value is -5.70. The molecule has 2 aliphatic heterocycles. The molecule has 2 fully saturated rings. The molecule has 57 heavy (non-hydrogen) atoms. The monoisotopic (exact) mass is 811 g/mol. The number of benzene rings is 1. The van der Waals surface area contributed by atoms with Crippen molar-refractivity contribution in [2.45, 2.75) is 56.2 Å². The maximum Gasteiger partial charge on any atom is 0.409 e. The molecule has 4 aromatic rings. The zero-order chi connectivity index (χ0) is 41.2. The van der Waals surface area contributed by atoms with Crippen LogP contribution in [0.15, 0.2) is 55.2 Å². The zero-order valence-electron chi connectivity index (χ0n) is 31.0. The first-order valence-corrected chi connectivity index (χ1v) is 19.2. The summed E-state index contributed by atoms with van der Waals surface area (Å²) in [6.07, 6.45) is -3.64. The van der Waals surface area contributed by atoms with Crippen molar-refractivity contribution in [1.29, 1.82) is 5.26 Å². The molecule has 5 atom stereocenters. The van der Waals surface area contributed by atoms with Gasteiger partial charge in [0.05, 0.1) is 30.1 Å². The van der Waals surface area contributed by atoms with Crippen molar-refractivity contribution < 1.29 is 57.4 Å². The average molecular weight is 812 g/mol. The van der Waals surface area contributed by atoms with Crippen molar-refractivity contribution >= 4 is 39.2 Å². The van der Waals surface area contributed by atoms with Crippen LogP contribution in [0.5, 0.6) is 5.75 Å². The molecule has 6 rings (SSSR count). The summed E-state index contributed by atoms with van der Waals surface area (Å²) in [7, 11) is -0.400. The highest BCUT2D eigenvalue weighted by molar-refractivity contribution is 7.89. The molecule has 2 amide bonds. The number of hydrogen-bond acceptors (Lipinski definition) is 15. The second kappa shape index (κ2) is 16.4. The molecule has 0 bridgehead atoms. The number of carboxylic acids is 1. The molecule has 2 aliphatic rings. The molecule has 4 N–H and O–H groups in total. The van der Waals surface area contributed by atoms with E-state index in [2.05, 4.69) is 21.1 Å². The quantitative estimate of drug-likeness (QED) is 0.138. The first-order chi connectivity index (χ1) is 27.1. The molecule has 21 nitrogen and oxygen atoms in total. The predicted octanol–water partition coefficient (Wildman–Crippen LogP) is 0.00858. The molecule has 0 aliphatic carbocycles. The van der Waals surface area contributed by atoms with Crippen LogP contribution in [-0.2, 0) is 36.4 Å². The number of hydrogen-bond donors (Lipinski definition) is 4. The maximum absolute atomic E-state index is 13.6. The Kier molecular flexibility index (Phi) is 11.8. The van der Waals surface area contributed by atoms with E-state index in [4.69, 9.17) is 14.2 Å². The highest BCUT2D eigenvalue weighted by atomic mass is 32.2. The van der Waals surface area contributed by atoms with Crippen LogP contribution in [0.2, 0.25) is 0 Å². The largest absolute Gasteiger partial charge is 0.479 e. The van der Waals surface area contributed by atoms with Crippen LogP contribution >= 0.6 is 0 Å². The number of aliphatic hydroxyl groups excluding tert-OH is 3. The van der Waals surface area contributed by atoms with E-state index >= 15 is 0 Å². The van der Waals surface area contributed by atoms with Crippen molar-refractivity contribution in [2.75, 3.05) is 46.0 Å². The first-order valence-electron chi connectivity index (χ1n) is 17.6. The van der Waals surface area contributed by atoms with Crippen LogP contribution < -0.4 is 4.74 Å². The number of carboxylic acid groups (broad SMARTS) is 1. The minimum Gasteiger partial charge on any atom is -0.479 e. The molecule has 0 spiro atoms. The number of rotatable bonds is 13. The van der Waals surface area contributed by atoms with E-state index in [1.807, 2.05) is 0 Å². The SMILES string of the molecule is CCS(=O)(=O)N1CC(CC#N)(n2cc(-c3ncnc4c3ccn4C(=O)N(C)CCN(C)C(=O)OCc3ccccc3O[C@@H]3O[C@H](C(=O)O)[C@@H](O)[C@H](O)[C@H]3O)cn2)C1. The second-order valence-electron chi connectivity index (χ2n) is 13.7. The number of aliphatic hydroxyl groups is 3. The smallest absolute Gasteiger partial charge is 0.409 e. The molecule has 22 heteroatoms. The molecule has 0 unspecified atom stereocenters. The molecule has 5 heterocycles. The normalized spacial score (nSPS) is 21.9. The highest BCUT2D eigenvalue weighted by Gasteiger charge is 2.50. The standard InChI is InChI=1S/C35H41N9O12S/c1-4-57(52,53)42-18-35(19-42,10-11-36)44-16-22(15-39-44)25-23-9-12-43(30(23)38-20-37-25)33(50)40(2)13-14-41(3)34(51)54-17-21-7-5-6-8-24(21)55-32-28(47)26(45)27(46)29(56-32)31(48)49/h5-9,12,15-16,20,26-29,32,45-47H,4,10,13-14,17-19H2,1-3H3,(H,48,49)/t26-,27-,28+,29-,32+/m0/s1. The summed E-state index contributed by atoms with van der Waals surface area (Å²) in [4.78, 5) is 49.3. The van der Waals surface area contributed by atoms with Crippen molar-refractivity contribution in [3.8, 4) is 23.1 Å². The predicted molar refractivity (Wildman–Crippen MR) is 196 cm³/mol. The van der Waals surface area contributed by atoms with Gasteiger partial charge in [-0.1, -0.05) is 18.2 Å². The highest BCUT2D eigenvalue weighted by Crippen LogP contribution is 2.36. The van der Waals surface area contributed by atoms with Gasteiger partial charge >= 0.3 is 18.1 Å². The van der Waals surface area contributed by atoms with Crippen LogP contribution in [0.4, 0.5) is 9.59 Å². The summed E-state index contributed by atoms with van der Waals surface area (Å²) in [6, 6.07) is 9.58. The topological polar surface area (TPSA) is 276 Å². The molecule has 304 valence electrons. The van der Waals surface area contributed by atoms with Crippen molar-refractivity contribution in [3.63, 3.8) is 0 Å². The van der Waals surface area contributed by atoms with Gasteiger partial charge in [-0.2, -0.15) is 14.7 Å². The van der Waals surface area contributed by atoms with Crippen LogP contribution in [-0.4, -0.2) is 162 Å². The van der Waals surface area contributed by atoms with Gasteiger partial charge in [0.15, 0.2) is 11.8 Å². The fourth-order valence-corrected chi connectivity index (χ4v) is 7.69. The Morgan fingerprint density at radius 2 is 1.77 bits per heavy atom. The lowest BCUT2D eigenvalue weighted by molar-refractivity contribution is -0.271. The number of aromatic nitrogens is 5. The summed E-state index contributed by atoms with van der Waals surface area (Å²) in [5, 5.41) is 54.2. The van der Waals surface area contributed by atoms with Gasteiger partial charge in [0.2, 0.25) is 16.3 Å². The van der Waals surface area contributed by atoms with E-state index in [0.29, 0.717) is 27.9 Å². The van der Waals surface area contributed by atoms with E-state index in [1.54, 1.807) is 61.5 Å². The Labute approximate surface area is 325 Å². The van der Waals surface area contributed by atoms with Gasteiger partial charge in [0, 0.05) is 69.2 Å². The number of fused-ring (bicyclic) bond motifs is 1. The Morgan fingerprint density at radius 1 is 1.05 bits per heavy atom. The molecular formula is C35H41N9O12S. The Bertz CT molecular complexity index is 2290. The van der Waals surface area contributed by atoms with Gasteiger partial charge in [-0.05, 0) is 19.1 Å². The van der Waals surface area contributed by atoms with Crippen molar-refractivity contribution in [3.05, 3.63) is 60.8 Å². The maximum atomic E-state index is 13.6. The number of amides is 2. The number of nitrogens with zero attached hydrogens (tertiary/aromatic N) is 9. The van der Waals surface area contributed by atoms with E-state index in [9.17, 15) is 48.5 Å². The number of sulfonamides is 1. The molecular weight excluding hydrogens is 771 g/mol. The molecule has 0 radical (unpaired) electrons. The van der Waals surface area contributed by atoms with Gasteiger partial charge in [0.1, 0.15) is 42.5 Å². The van der Waals surface area contributed by atoms with Crippen LogP contribution in [0.25, 0.3) is 22.3 Å². The van der Waals surface area contributed by atoms with Gasteiger partial charge in [-0.3, -0.25) is 9.25 Å². The molecule has 2 saturated heterocycles. The number of ether oxygens (including phenoxy) is 3. The molecule has 1 aromatic carbocycles. The number of carbonyl (C=O) groups is 3. The van der Waals surface area contributed by atoms with E-state index in [0.717, 1.165) is 0 Å². The van der Waals surface area contributed by atoms with Gasteiger partial charge in [-0.15, -0.1) is 0 Å². The number of aliphatic carboxylic acids is 1. The average Bonchev–Trinajstić information content (AvgIpc) is 3.85. The summed E-state index contributed by atoms with van der Waals surface area (Å²) in [6.45, 7) is 1.65. The van der Waals surface area contributed by atoms with E-state index < -0.39 is 64.4 Å². The fraction of sp³-hybridized carbons (Fsp3) is 0.457. The van der Waals surface area contributed by atoms with Crippen LogP contribution in [0.3, 0.4) is 0 Å². The number of carbonyl (C=O) groups excluding carboxylic acids is 2. The van der Waals surface area contributed by atoms with Gasteiger partial charge in [0.25, 0.3) is 0 Å². The van der Waals surface area contributed by atoms with Gasteiger partial charge < -0.3 is 44.4 Å². The van der Waals surface area contributed by atoms with Crippen molar-refractivity contribution in [2.24, 2.45) is 0 Å². The zero-order valence-corrected chi connectivity index (χ0v) is 31.8. The number of likely N-dealkylation sites (N-methyl/N-ethyl adjacent to an activating group) is 2. The third-order valence-corrected chi connectivity index (χ3v) is 11.7. The Balaban J connectivity index is 1.06. The summed E-state index contributed by atoms with van der Waals surface area (Å²) in [5.41, 5.74) is 0.856. The Morgan fingerprint density at radius 3 is 2.47 bits per heavy atom. The number of para-hydroxylation sites is 1. The third-order valence-electron chi connectivity index (χ3n) is 9.93. The second-order valence-corrected chi connectivity index (χ2v) is 15.9. The summed E-state index contributed by atoms with van der Waals surface area (Å²) in [5.74, 6) is -1.55. The van der Waals surface area contributed by atoms with E-state index in [1.165, 1.54) is 38.1 Å². The van der Waals surface area contributed by atoms with Crippen molar-refractivity contribution in [1.82, 2.24) is 38.4 Å². The third kappa shape index (κ3) is 8.11. The summed E-state index contributed by atoms with van der Waals surface area (Å²) < 4.78 is 45.3. The van der Waals surface area contributed by atoms with Gasteiger partial charge in [-0.25, -0.2) is 32.8 Å². The first kappa shape index (κ1) is 40.9. The lowest BCUT2D eigenvalue weighted by atomic mass is 9.89.